The van der Waals surface area contributed by atoms with Gasteiger partial charge in [0.1, 0.15) is 24.8 Å². The number of ether oxygens (including phenoxy) is 2. The molecule has 0 bridgehead atoms. The number of carbonyl (C=O) groups excluding carboxylic acids is 1. The predicted octanol–water partition coefficient (Wildman–Crippen LogP) is 2.67. The van der Waals surface area contributed by atoms with E-state index in [4.69, 9.17) is 9.47 Å². The number of benzene rings is 2. The van der Waals surface area contributed by atoms with Crippen molar-refractivity contribution in [3.63, 3.8) is 0 Å². The zero-order chi connectivity index (χ0) is 15.5. The summed E-state index contributed by atoms with van der Waals surface area (Å²) in [5, 5.41) is 2.59. The van der Waals surface area contributed by atoms with Crippen molar-refractivity contribution in [1.82, 2.24) is 5.32 Å². The fourth-order valence-corrected chi connectivity index (χ4v) is 2.19. The fourth-order valence-electron chi connectivity index (χ4n) is 2.19. The second-order valence-corrected chi connectivity index (χ2v) is 4.75. The van der Waals surface area contributed by atoms with Gasteiger partial charge in [-0.15, -0.1) is 0 Å². The van der Waals surface area contributed by atoms with Gasteiger partial charge in [0.15, 0.2) is 11.5 Å². The van der Waals surface area contributed by atoms with Gasteiger partial charge in [0.2, 0.25) is 0 Å². The van der Waals surface area contributed by atoms with Crippen LogP contribution in [-0.2, 0) is 6.54 Å². The second kappa shape index (κ2) is 6.01. The fraction of sp³-hybridized carbons (Fsp3) is 0.188. The van der Waals surface area contributed by atoms with Crippen LogP contribution in [0.15, 0.2) is 36.4 Å². The van der Waals surface area contributed by atoms with Crippen molar-refractivity contribution in [2.45, 2.75) is 6.54 Å². The van der Waals surface area contributed by atoms with Gasteiger partial charge >= 0.3 is 0 Å². The van der Waals surface area contributed by atoms with Gasteiger partial charge in [-0.05, 0) is 18.2 Å². The summed E-state index contributed by atoms with van der Waals surface area (Å²) in [5.74, 6) is -0.881. The van der Waals surface area contributed by atoms with E-state index in [9.17, 15) is 13.6 Å². The molecule has 0 aromatic heterocycles. The summed E-state index contributed by atoms with van der Waals surface area (Å²) in [6.45, 7) is 0.748. The molecule has 1 amide bonds. The Morgan fingerprint density at radius 1 is 1.14 bits per heavy atom. The van der Waals surface area contributed by atoms with Gasteiger partial charge in [0.25, 0.3) is 5.91 Å². The van der Waals surface area contributed by atoms with Crippen LogP contribution in [0.2, 0.25) is 0 Å². The Balaban J connectivity index is 1.75. The van der Waals surface area contributed by atoms with Crippen LogP contribution in [0, 0.1) is 11.6 Å². The van der Waals surface area contributed by atoms with Crippen LogP contribution in [0.3, 0.4) is 0 Å². The summed E-state index contributed by atoms with van der Waals surface area (Å²) in [6, 6.07) is 8.22. The molecule has 2 aromatic carbocycles. The Morgan fingerprint density at radius 2 is 1.95 bits per heavy atom. The van der Waals surface area contributed by atoms with E-state index < -0.39 is 17.5 Å². The number of amides is 1. The lowest BCUT2D eigenvalue weighted by molar-refractivity contribution is 0.0939. The van der Waals surface area contributed by atoms with Crippen LogP contribution in [-0.4, -0.2) is 19.1 Å². The first kappa shape index (κ1) is 14.3. The van der Waals surface area contributed by atoms with Crippen LogP contribution in [0.5, 0.6) is 11.5 Å². The smallest absolute Gasteiger partial charge is 0.255 e. The molecule has 22 heavy (non-hydrogen) atoms. The number of nitrogens with one attached hydrogen (secondary N) is 1. The molecule has 0 saturated heterocycles. The summed E-state index contributed by atoms with van der Waals surface area (Å²) in [7, 11) is 0. The number of para-hydroxylation sites is 1. The van der Waals surface area contributed by atoms with Crippen LogP contribution < -0.4 is 14.8 Å². The second-order valence-electron chi connectivity index (χ2n) is 4.75. The molecule has 1 heterocycles. The number of rotatable bonds is 3. The maximum atomic E-state index is 13.5. The number of fused-ring (bicyclic) bond motifs is 1. The van der Waals surface area contributed by atoms with Crippen LogP contribution in [0.25, 0.3) is 0 Å². The highest BCUT2D eigenvalue weighted by Crippen LogP contribution is 2.33. The minimum Gasteiger partial charge on any atom is -0.486 e. The first-order valence-corrected chi connectivity index (χ1v) is 6.76. The van der Waals surface area contributed by atoms with Gasteiger partial charge in [-0.25, -0.2) is 8.78 Å². The minimum absolute atomic E-state index is 0.0462. The molecule has 0 saturated carbocycles. The standard InChI is InChI=1S/C16H13F2NO3/c17-11-5-4-10(13(18)8-11)9-19-16(20)12-2-1-3-14-15(12)22-7-6-21-14/h1-5,8H,6-7,9H2,(H,19,20). The third-order valence-electron chi connectivity index (χ3n) is 3.27. The Bertz CT molecular complexity index is 719. The van der Waals surface area contributed by atoms with E-state index >= 15 is 0 Å². The highest BCUT2D eigenvalue weighted by molar-refractivity contribution is 5.97. The van der Waals surface area contributed by atoms with Crippen molar-refractivity contribution >= 4 is 5.91 Å². The van der Waals surface area contributed by atoms with Crippen molar-refractivity contribution in [2.75, 3.05) is 13.2 Å². The predicted molar refractivity (Wildman–Crippen MR) is 75.0 cm³/mol. The summed E-state index contributed by atoms with van der Waals surface area (Å²) < 4.78 is 37.2. The van der Waals surface area contributed by atoms with E-state index in [0.29, 0.717) is 30.3 Å². The summed E-state index contributed by atoms with van der Waals surface area (Å²) >= 11 is 0. The Morgan fingerprint density at radius 3 is 2.77 bits per heavy atom. The van der Waals surface area contributed by atoms with Crippen molar-refractivity contribution in [1.29, 1.82) is 0 Å². The molecule has 0 aliphatic carbocycles. The van der Waals surface area contributed by atoms with Gasteiger partial charge in [-0.1, -0.05) is 12.1 Å². The van der Waals surface area contributed by atoms with Gasteiger partial charge in [-0.3, -0.25) is 4.79 Å². The summed E-state index contributed by atoms with van der Waals surface area (Å²) in [6.07, 6.45) is 0. The SMILES string of the molecule is O=C(NCc1ccc(F)cc1F)c1cccc2c1OCCO2. The highest BCUT2D eigenvalue weighted by Gasteiger charge is 2.20. The van der Waals surface area contributed by atoms with Crippen LogP contribution in [0.4, 0.5) is 8.78 Å². The molecule has 2 aromatic rings. The Kier molecular flexibility index (Phi) is 3.91. The molecule has 0 radical (unpaired) electrons. The van der Waals surface area contributed by atoms with Crippen molar-refractivity contribution in [2.24, 2.45) is 0 Å². The Hall–Kier alpha value is -2.63. The number of halogens is 2. The van der Waals surface area contributed by atoms with Crippen LogP contribution >= 0.6 is 0 Å². The van der Waals surface area contributed by atoms with E-state index in [1.807, 2.05) is 0 Å². The van der Waals surface area contributed by atoms with Gasteiger partial charge in [-0.2, -0.15) is 0 Å². The zero-order valence-corrected chi connectivity index (χ0v) is 11.6. The normalized spacial score (nSPS) is 12.8. The molecule has 1 aliphatic heterocycles. The lowest BCUT2D eigenvalue weighted by atomic mass is 10.1. The molecule has 0 unspecified atom stereocenters. The number of carbonyl (C=O) groups is 1. The van der Waals surface area contributed by atoms with Crippen molar-refractivity contribution < 1.29 is 23.0 Å². The highest BCUT2D eigenvalue weighted by atomic mass is 19.1. The van der Waals surface area contributed by atoms with E-state index in [1.54, 1.807) is 18.2 Å². The van der Waals surface area contributed by atoms with Crippen molar-refractivity contribution in [3.05, 3.63) is 59.2 Å². The molecule has 0 spiro atoms. The van der Waals surface area contributed by atoms with Gasteiger partial charge in [0, 0.05) is 18.2 Å². The maximum Gasteiger partial charge on any atom is 0.255 e. The molecule has 1 aliphatic rings. The molecule has 114 valence electrons. The first-order valence-electron chi connectivity index (χ1n) is 6.76. The molecule has 4 nitrogen and oxygen atoms in total. The maximum absolute atomic E-state index is 13.5. The molecular weight excluding hydrogens is 292 g/mol. The molecule has 0 atom stereocenters. The number of hydrogen-bond donors (Lipinski definition) is 1. The van der Waals surface area contributed by atoms with Gasteiger partial charge in [0.05, 0.1) is 5.56 Å². The van der Waals surface area contributed by atoms with E-state index in [0.717, 1.165) is 12.1 Å². The summed E-state index contributed by atoms with van der Waals surface area (Å²) in [5.41, 5.74) is 0.524. The molecule has 6 heteroatoms. The largest absolute Gasteiger partial charge is 0.486 e. The summed E-state index contributed by atoms with van der Waals surface area (Å²) in [4.78, 5) is 12.2. The third-order valence-corrected chi connectivity index (χ3v) is 3.27. The van der Waals surface area contributed by atoms with E-state index in [1.165, 1.54) is 6.07 Å². The van der Waals surface area contributed by atoms with Gasteiger partial charge < -0.3 is 14.8 Å². The minimum atomic E-state index is -0.699. The van der Waals surface area contributed by atoms with E-state index in [-0.39, 0.29) is 12.1 Å². The monoisotopic (exact) mass is 305 g/mol. The number of hydrogen-bond acceptors (Lipinski definition) is 3. The van der Waals surface area contributed by atoms with Crippen LogP contribution in [0.1, 0.15) is 15.9 Å². The quantitative estimate of drug-likeness (QED) is 0.948. The lowest BCUT2D eigenvalue weighted by Gasteiger charge is -2.20. The molecular formula is C16H13F2NO3. The molecule has 1 N–H and O–H groups in total. The molecule has 3 rings (SSSR count). The first-order chi connectivity index (χ1) is 10.6. The van der Waals surface area contributed by atoms with Crippen molar-refractivity contribution in [3.8, 4) is 11.5 Å². The topological polar surface area (TPSA) is 47.6 Å². The Labute approximate surface area is 125 Å². The lowest BCUT2D eigenvalue weighted by Crippen LogP contribution is -2.25. The third kappa shape index (κ3) is 2.86. The average Bonchev–Trinajstić information content (AvgIpc) is 2.53. The van der Waals surface area contributed by atoms with E-state index in [2.05, 4.69) is 5.32 Å². The average molecular weight is 305 g/mol. The molecule has 0 fully saturated rings. The zero-order valence-electron chi connectivity index (χ0n) is 11.6.